The van der Waals surface area contributed by atoms with Crippen molar-refractivity contribution in [2.45, 2.75) is 19.4 Å². The van der Waals surface area contributed by atoms with Crippen molar-refractivity contribution in [1.82, 2.24) is 9.88 Å². The second kappa shape index (κ2) is 6.15. The molecule has 4 rings (SSSR count). The monoisotopic (exact) mass is 322 g/mol. The number of benzene rings is 1. The lowest BCUT2D eigenvalue weighted by atomic mass is 10.1. The van der Waals surface area contributed by atoms with Crippen LogP contribution in [0.3, 0.4) is 0 Å². The topological polar surface area (TPSA) is 39.7 Å². The van der Waals surface area contributed by atoms with Crippen LogP contribution in [-0.2, 0) is 6.42 Å². The first kappa shape index (κ1) is 15.0. The quantitative estimate of drug-likeness (QED) is 0.810. The highest BCUT2D eigenvalue weighted by atomic mass is 16.2. The number of urea groups is 1. The van der Waals surface area contributed by atoms with Crippen molar-refractivity contribution in [3.63, 3.8) is 0 Å². The van der Waals surface area contributed by atoms with Crippen molar-refractivity contribution in [2.75, 3.05) is 36.0 Å². The van der Waals surface area contributed by atoms with Gasteiger partial charge in [-0.3, -0.25) is 4.90 Å². The second-order valence-corrected chi connectivity index (χ2v) is 6.50. The number of rotatable bonds is 1. The third kappa shape index (κ3) is 2.60. The molecule has 0 N–H and O–H groups in total. The molecule has 1 atom stereocenters. The number of carbonyl (C=O) groups is 1. The van der Waals surface area contributed by atoms with Gasteiger partial charge in [-0.05, 0) is 37.1 Å². The van der Waals surface area contributed by atoms with Gasteiger partial charge < -0.3 is 9.80 Å². The molecule has 5 heteroatoms. The van der Waals surface area contributed by atoms with Gasteiger partial charge >= 0.3 is 6.03 Å². The van der Waals surface area contributed by atoms with Crippen LogP contribution in [0.2, 0.25) is 0 Å². The van der Waals surface area contributed by atoms with E-state index in [1.807, 2.05) is 46.3 Å². The number of aromatic nitrogens is 1. The van der Waals surface area contributed by atoms with E-state index in [0.717, 1.165) is 44.1 Å². The first-order chi connectivity index (χ1) is 11.7. The lowest BCUT2D eigenvalue weighted by molar-refractivity contribution is 0.199. The number of pyridine rings is 1. The van der Waals surface area contributed by atoms with Gasteiger partial charge in [0.25, 0.3) is 0 Å². The number of anilines is 2. The average Bonchev–Trinajstić information content (AvgIpc) is 2.98. The number of para-hydroxylation sites is 1. The molecular formula is C19H22N4O. The predicted molar refractivity (Wildman–Crippen MR) is 95.5 cm³/mol. The largest absolute Gasteiger partial charge is 0.353 e. The minimum Gasteiger partial charge on any atom is -0.353 e. The summed E-state index contributed by atoms with van der Waals surface area (Å²) in [5, 5.41) is 0. The zero-order valence-corrected chi connectivity index (χ0v) is 13.9. The lowest BCUT2D eigenvalue weighted by Gasteiger charge is -2.38. The molecule has 124 valence electrons. The standard InChI is InChI=1S/C19H22N4O/c1-15-14-16-6-2-3-7-17(16)23(15)19(24)22-12-10-21(11-13-22)18-8-4-5-9-20-18/h2-9,15H,10-14H2,1H3. The summed E-state index contributed by atoms with van der Waals surface area (Å²) < 4.78 is 0. The Labute approximate surface area is 142 Å². The van der Waals surface area contributed by atoms with Crippen LogP contribution >= 0.6 is 0 Å². The molecule has 2 aliphatic rings. The SMILES string of the molecule is CC1Cc2ccccc2N1C(=O)N1CCN(c2ccccn2)CC1. The molecule has 2 aliphatic heterocycles. The van der Waals surface area contributed by atoms with Crippen LogP contribution in [0, 0.1) is 0 Å². The minimum absolute atomic E-state index is 0.133. The van der Waals surface area contributed by atoms with Gasteiger partial charge in [-0.25, -0.2) is 9.78 Å². The van der Waals surface area contributed by atoms with Crippen molar-refractivity contribution >= 4 is 17.5 Å². The Hall–Kier alpha value is -2.56. The van der Waals surface area contributed by atoms with E-state index in [-0.39, 0.29) is 12.1 Å². The zero-order chi connectivity index (χ0) is 16.5. The maximum atomic E-state index is 13.0. The summed E-state index contributed by atoms with van der Waals surface area (Å²) in [5.41, 5.74) is 2.34. The Morgan fingerprint density at radius 3 is 2.54 bits per heavy atom. The molecule has 1 aromatic carbocycles. The van der Waals surface area contributed by atoms with E-state index < -0.39 is 0 Å². The van der Waals surface area contributed by atoms with Gasteiger partial charge in [0.1, 0.15) is 5.82 Å². The third-order valence-corrected chi connectivity index (χ3v) is 4.94. The van der Waals surface area contributed by atoms with Crippen molar-refractivity contribution < 1.29 is 4.79 Å². The Bertz CT molecular complexity index is 725. The first-order valence-corrected chi connectivity index (χ1v) is 8.56. The maximum Gasteiger partial charge on any atom is 0.324 e. The summed E-state index contributed by atoms with van der Waals surface area (Å²) in [7, 11) is 0. The van der Waals surface area contributed by atoms with Gasteiger partial charge in [0.15, 0.2) is 0 Å². The highest BCUT2D eigenvalue weighted by molar-refractivity contribution is 5.95. The number of hydrogen-bond acceptors (Lipinski definition) is 3. The predicted octanol–water partition coefficient (Wildman–Crippen LogP) is 2.77. The van der Waals surface area contributed by atoms with Gasteiger partial charge in [0.2, 0.25) is 0 Å². The molecule has 1 aromatic heterocycles. The Morgan fingerprint density at radius 2 is 1.79 bits per heavy atom. The summed E-state index contributed by atoms with van der Waals surface area (Å²) in [6.45, 7) is 5.25. The first-order valence-electron chi connectivity index (χ1n) is 8.56. The van der Waals surface area contributed by atoms with Crippen molar-refractivity contribution in [2.24, 2.45) is 0 Å². The molecule has 1 unspecified atom stereocenters. The fraction of sp³-hybridized carbons (Fsp3) is 0.368. The molecule has 0 saturated carbocycles. The molecule has 0 radical (unpaired) electrons. The normalized spacial score (nSPS) is 20.2. The number of fused-ring (bicyclic) bond motifs is 1. The van der Waals surface area contributed by atoms with E-state index in [9.17, 15) is 4.79 Å². The molecule has 0 spiro atoms. The molecule has 1 fully saturated rings. The fourth-order valence-electron chi connectivity index (χ4n) is 3.68. The summed E-state index contributed by atoms with van der Waals surface area (Å²) >= 11 is 0. The van der Waals surface area contributed by atoms with Gasteiger partial charge in [0, 0.05) is 44.1 Å². The van der Waals surface area contributed by atoms with Crippen LogP contribution in [0.4, 0.5) is 16.3 Å². The second-order valence-electron chi connectivity index (χ2n) is 6.50. The molecule has 3 heterocycles. The van der Waals surface area contributed by atoms with Crippen LogP contribution in [0.5, 0.6) is 0 Å². The maximum absolute atomic E-state index is 13.0. The summed E-state index contributed by atoms with van der Waals surface area (Å²) in [6, 6.07) is 14.5. The Kier molecular flexibility index (Phi) is 3.84. The molecule has 0 aliphatic carbocycles. The fourth-order valence-corrected chi connectivity index (χ4v) is 3.68. The number of carbonyl (C=O) groups excluding carboxylic acids is 1. The van der Waals surface area contributed by atoms with Crippen LogP contribution in [0.1, 0.15) is 12.5 Å². The van der Waals surface area contributed by atoms with E-state index in [2.05, 4.69) is 28.9 Å². The van der Waals surface area contributed by atoms with Gasteiger partial charge in [0.05, 0.1) is 0 Å². The van der Waals surface area contributed by atoms with E-state index in [0.29, 0.717) is 0 Å². The smallest absolute Gasteiger partial charge is 0.324 e. The molecule has 2 amide bonds. The summed E-state index contributed by atoms with van der Waals surface area (Å²) in [6.07, 6.45) is 2.76. The summed E-state index contributed by atoms with van der Waals surface area (Å²) in [4.78, 5) is 23.6. The Morgan fingerprint density at radius 1 is 1.04 bits per heavy atom. The van der Waals surface area contributed by atoms with Crippen LogP contribution in [-0.4, -0.2) is 48.1 Å². The van der Waals surface area contributed by atoms with Gasteiger partial charge in [-0.1, -0.05) is 24.3 Å². The minimum atomic E-state index is 0.133. The highest BCUT2D eigenvalue weighted by Gasteiger charge is 2.34. The van der Waals surface area contributed by atoms with Crippen LogP contribution in [0.25, 0.3) is 0 Å². The highest BCUT2D eigenvalue weighted by Crippen LogP contribution is 2.32. The molecule has 0 bridgehead atoms. The zero-order valence-electron chi connectivity index (χ0n) is 13.9. The molecule has 24 heavy (non-hydrogen) atoms. The van der Waals surface area contributed by atoms with E-state index >= 15 is 0 Å². The third-order valence-electron chi connectivity index (χ3n) is 4.94. The van der Waals surface area contributed by atoms with E-state index in [1.165, 1.54) is 5.56 Å². The van der Waals surface area contributed by atoms with Gasteiger partial charge in [-0.15, -0.1) is 0 Å². The van der Waals surface area contributed by atoms with Crippen molar-refractivity contribution in [3.05, 3.63) is 54.2 Å². The molecule has 2 aromatic rings. The number of piperazine rings is 1. The van der Waals surface area contributed by atoms with Gasteiger partial charge in [-0.2, -0.15) is 0 Å². The number of nitrogens with zero attached hydrogens (tertiary/aromatic N) is 4. The summed E-state index contributed by atoms with van der Waals surface area (Å²) in [5.74, 6) is 0.990. The Balaban J connectivity index is 1.45. The number of amides is 2. The van der Waals surface area contributed by atoms with Crippen LogP contribution < -0.4 is 9.80 Å². The van der Waals surface area contributed by atoms with Crippen LogP contribution in [0.15, 0.2) is 48.7 Å². The van der Waals surface area contributed by atoms with E-state index in [1.54, 1.807) is 0 Å². The molecule has 5 nitrogen and oxygen atoms in total. The average molecular weight is 322 g/mol. The van der Waals surface area contributed by atoms with Crippen molar-refractivity contribution in [1.29, 1.82) is 0 Å². The molecule has 1 saturated heterocycles. The van der Waals surface area contributed by atoms with E-state index in [4.69, 9.17) is 0 Å². The number of hydrogen-bond donors (Lipinski definition) is 0. The van der Waals surface area contributed by atoms with Crippen molar-refractivity contribution in [3.8, 4) is 0 Å². The molecular weight excluding hydrogens is 300 g/mol. The lowest BCUT2D eigenvalue weighted by Crippen LogP contribution is -2.54.